The van der Waals surface area contributed by atoms with Crippen molar-refractivity contribution in [1.29, 1.82) is 0 Å². The molecule has 0 unspecified atom stereocenters. The lowest BCUT2D eigenvalue weighted by Gasteiger charge is -2.26. The molecule has 0 bridgehead atoms. The summed E-state index contributed by atoms with van der Waals surface area (Å²) in [5.41, 5.74) is 1.30. The molecule has 4 rings (SSSR count). The molecule has 0 atom stereocenters. The average molecular weight is 494 g/mol. The topological polar surface area (TPSA) is 113 Å². The zero-order valence-corrected chi connectivity index (χ0v) is 20.0. The predicted octanol–water partition coefficient (Wildman–Crippen LogP) is 2.05. The van der Waals surface area contributed by atoms with Crippen LogP contribution in [0.4, 0.5) is 5.69 Å². The molecule has 2 aromatic carbocycles. The number of morpholine rings is 1. The first-order valence-corrected chi connectivity index (χ1v) is 13.7. The Balaban J connectivity index is 1.51. The molecule has 2 fully saturated rings. The highest BCUT2D eigenvalue weighted by atomic mass is 32.2. The Morgan fingerprint density at radius 1 is 0.818 bits per heavy atom. The van der Waals surface area contributed by atoms with Gasteiger partial charge in [0.1, 0.15) is 0 Å². The molecule has 178 valence electrons. The van der Waals surface area contributed by atoms with Gasteiger partial charge in [-0.15, -0.1) is 0 Å². The van der Waals surface area contributed by atoms with E-state index in [-0.39, 0.29) is 15.4 Å². The smallest absolute Gasteiger partial charge is 0.255 e. The van der Waals surface area contributed by atoms with Gasteiger partial charge in [-0.3, -0.25) is 4.79 Å². The number of rotatable bonds is 6. The van der Waals surface area contributed by atoms with Gasteiger partial charge in [0.05, 0.1) is 23.0 Å². The number of hydrogen-bond acceptors (Lipinski definition) is 6. The second-order valence-corrected chi connectivity index (χ2v) is 12.0. The van der Waals surface area contributed by atoms with Gasteiger partial charge in [0.2, 0.25) is 20.0 Å². The Labute approximate surface area is 194 Å². The molecule has 2 aliphatic heterocycles. The fourth-order valence-corrected chi connectivity index (χ4v) is 6.88. The van der Waals surface area contributed by atoms with Gasteiger partial charge >= 0.3 is 0 Å². The van der Waals surface area contributed by atoms with Gasteiger partial charge in [-0.1, -0.05) is 6.07 Å². The zero-order chi connectivity index (χ0) is 23.6. The van der Waals surface area contributed by atoms with Crippen LogP contribution in [0.15, 0.2) is 52.3 Å². The lowest BCUT2D eigenvalue weighted by atomic mass is 10.1. The van der Waals surface area contributed by atoms with Crippen molar-refractivity contribution in [1.82, 2.24) is 8.61 Å². The Bertz CT molecular complexity index is 1230. The predicted molar refractivity (Wildman–Crippen MR) is 123 cm³/mol. The molecule has 2 heterocycles. The Kier molecular flexibility index (Phi) is 6.87. The summed E-state index contributed by atoms with van der Waals surface area (Å²) in [7, 11) is -7.27. The maximum atomic E-state index is 12.9. The molecule has 11 heteroatoms. The highest BCUT2D eigenvalue weighted by molar-refractivity contribution is 7.89. The standard InChI is InChI=1S/C22H27N3O6S2/c1-17-4-7-20(33(29,30)24-10-2-3-11-24)16-21(17)22(26)23-18-5-8-19(9-6-18)32(27,28)25-12-14-31-15-13-25/h4-9,16H,2-3,10-15H2,1H3,(H,23,26). The van der Waals surface area contributed by atoms with E-state index in [2.05, 4.69) is 5.32 Å². The third kappa shape index (κ3) is 4.97. The summed E-state index contributed by atoms with van der Waals surface area (Å²) in [5, 5.41) is 2.73. The average Bonchev–Trinajstić information content (AvgIpc) is 3.36. The number of ether oxygens (including phenoxy) is 1. The van der Waals surface area contributed by atoms with E-state index in [1.165, 1.54) is 45.0 Å². The monoisotopic (exact) mass is 493 g/mol. The van der Waals surface area contributed by atoms with Crippen LogP contribution in [0.3, 0.4) is 0 Å². The Hall–Kier alpha value is -2.31. The fourth-order valence-electron chi connectivity index (χ4n) is 3.93. The summed E-state index contributed by atoms with van der Waals surface area (Å²) in [6, 6.07) is 10.5. The Morgan fingerprint density at radius 3 is 2.00 bits per heavy atom. The lowest BCUT2D eigenvalue weighted by Crippen LogP contribution is -2.40. The first-order valence-electron chi connectivity index (χ1n) is 10.8. The molecule has 2 aliphatic rings. The van der Waals surface area contributed by atoms with E-state index in [9.17, 15) is 21.6 Å². The summed E-state index contributed by atoms with van der Waals surface area (Å²) in [6.45, 7) is 4.03. The summed E-state index contributed by atoms with van der Waals surface area (Å²) in [5.74, 6) is -0.463. The number of carbonyl (C=O) groups is 1. The van der Waals surface area contributed by atoms with Gasteiger partial charge in [0.15, 0.2) is 0 Å². The number of hydrogen-bond donors (Lipinski definition) is 1. The van der Waals surface area contributed by atoms with E-state index >= 15 is 0 Å². The summed E-state index contributed by atoms with van der Waals surface area (Å²) < 4.78 is 59.3. The lowest BCUT2D eigenvalue weighted by molar-refractivity contribution is 0.0730. The molecule has 0 spiro atoms. The van der Waals surface area contributed by atoms with Crippen LogP contribution in [0.25, 0.3) is 0 Å². The second kappa shape index (κ2) is 9.51. The summed E-state index contributed by atoms with van der Waals surface area (Å²) in [6.07, 6.45) is 1.66. The second-order valence-electron chi connectivity index (χ2n) is 8.08. The molecule has 0 radical (unpaired) electrons. The van der Waals surface area contributed by atoms with Crippen molar-refractivity contribution in [3.05, 3.63) is 53.6 Å². The normalized spacial score (nSPS) is 18.3. The van der Waals surface area contributed by atoms with Gasteiger partial charge < -0.3 is 10.1 Å². The van der Waals surface area contributed by atoms with Crippen LogP contribution in [-0.4, -0.2) is 70.7 Å². The molecule has 0 aromatic heterocycles. The van der Waals surface area contributed by atoms with E-state index in [0.29, 0.717) is 50.6 Å². The Morgan fingerprint density at radius 2 is 1.36 bits per heavy atom. The molecular formula is C22H27N3O6S2. The molecule has 2 saturated heterocycles. The van der Waals surface area contributed by atoms with Crippen LogP contribution in [0.5, 0.6) is 0 Å². The maximum absolute atomic E-state index is 12.9. The number of amides is 1. The molecule has 1 N–H and O–H groups in total. The molecule has 9 nitrogen and oxygen atoms in total. The van der Waals surface area contributed by atoms with E-state index < -0.39 is 26.0 Å². The van der Waals surface area contributed by atoms with Gasteiger partial charge in [-0.05, 0) is 61.7 Å². The number of nitrogens with zero attached hydrogens (tertiary/aromatic N) is 2. The zero-order valence-electron chi connectivity index (χ0n) is 18.4. The van der Waals surface area contributed by atoms with E-state index in [1.807, 2.05) is 0 Å². The van der Waals surface area contributed by atoms with Crippen LogP contribution < -0.4 is 5.32 Å². The van der Waals surface area contributed by atoms with Crippen molar-refractivity contribution in [2.75, 3.05) is 44.7 Å². The quantitative estimate of drug-likeness (QED) is 0.659. The molecule has 2 aromatic rings. The van der Waals surface area contributed by atoms with Crippen LogP contribution in [0.1, 0.15) is 28.8 Å². The third-order valence-corrected chi connectivity index (χ3v) is 9.68. The minimum atomic E-state index is -3.64. The first kappa shape index (κ1) is 23.8. The molecular weight excluding hydrogens is 466 g/mol. The number of nitrogens with one attached hydrogen (secondary N) is 1. The van der Waals surface area contributed by atoms with E-state index in [0.717, 1.165) is 12.8 Å². The minimum Gasteiger partial charge on any atom is -0.379 e. The van der Waals surface area contributed by atoms with Crippen LogP contribution in [0, 0.1) is 6.92 Å². The van der Waals surface area contributed by atoms with Crippen molar-refractivity contribution in [2.45, 2.75) is 29.6 Å². The van der Waals surface area contributed by atoms with Gasteiger partial charge in [0.25, 0.3) is 5.91 Å². The van der Waals surface area contributed by atoms with Crippen LogP contribution >= 0.6 is 0 Å². The highest BCUT2D eigenvalue weighted by Gasteiger charge is 2.28. The van der Waals surface area contributed by atoms with Gasteiger partial charge in [-0.25, -0.2) is 16.8 Å². The number of aryl methyl sites for hydroxylation is 1. The first-order chi connectivity index (χ1) is 15.7. The number of sulfonamides is 2. The van der Waals surface area contributed by atoms with Crippen molar-refractivity contribution in [3.63, 3.8) is 0 Å². The number of anilines is 1. The molecule has 33 heavy (non-hydrogen) atoms. The maximum Gasteiger partial charge on any atom is 0.255 e. The van der Waals surface area contributed by atoms with Crippen molar-refractivity contribution < 1.29 is 26.4 Å². The van der Waals surface area contributed by atoms with E-state index in [4.69, 9.17) is 4.74 Å². The van der Waals surface area contributed by atoms with Crippen molar-refractivity contribution in [2.24, 2.45) is 0 Å². The number of benzene rings is 2. The molecule has 0 saturated carbocycles. The number of carbonyl (C=O) groups excluding carboxylic acids is 1. The SMILES string of the molecule is Cc1ccc(S(=O)(=O)N2CCCC2)cc1C(=O)Nc1ccc(S(=O)(=O)N2CCOCC2)cc1. The summed E-state index contributed by atoms with van der Waals surface area (Å²) in [4.78, 5) is 13.1. The summed E-state index contributed by atoms with van der Waals surface area (Å²) >= 11 is 0. The van der Waals surface area contributed by atoms with Crippen LogP contribution in [0.2, 0.25) is 0 Å². The van der Waals surface area contributed by atoms with Crippen LogP contribution in [-0.2, 0) is 24.8 Å². The van der Waals surface area contributed by atoms with Crippen molar-refractivity contribution >= 4 is 31.6 Å². The minimum absolute atomic E-state index is 0.0899. The van der Waals surface area contributed by atoms with Gasteiger partial charge in [0, 0.05) is 37.4 Å². The largest absolute Gasteiger partial charge is 0.379 e. The molecule has 0 aliphatic carbocycles. The highest BCUT2D eigenvalue weighted by Crippen LogP contribution is 2.24. The third-order valence-electron chi connectivity index (χ3n) is 5.88. The van der Waals surface area contributed by atoms with E-state index in [1.54, 1.807) is 13.0 Å². The molecule has 1 amide bonds. The van der Waals surface area contributed by atoms with Gasteiger partial charge in [-0.2, -0.15) is 8.61 Å². The fraction of sp³-hybridized carbons (Fsp3) is 0.409. The van der Waals surface area contributed by atoms with Crippen molar-refractivity contribution in [3.8, 4) is 0 Å².